The van der Waals surface area contributed by atoms with Gasteiger partial charge in [0.15, 0.2) is 11.6 Å². The number of rotatable bonds is 4. The molecule has 0 saturated carbocycles. The fraction of sp³-hybridized carbons (Fsp3) is 0.368. The van der Waals surface area contributed by atoms with Gasteiger partial charge in [0.2, 0.25) is 0 Å². The third-order valence-corrected chi connectivity index (χ3v) is 6.18. The Morgan fingerprint density at radius 3 is 2.83 bits per heavy atom. The van der Waals surface area contributed by atoms with Crippen LogP contribution in [0.4, 0.5) is 15.9 Å². The van der Waals surface area contributed by atoms with E-state index in [1.807, 2.05) is 11.8 Å². The van der Waals surface area contributed by atoms with Crippen LogP contribution in [0.3, 0.4) is 0 Å². The van der Waals surface area contributed by atoms with Crippen molar-refractivity contribution in [3.05, 3.63) is 41.9 Å². The zero-order chi connectivity index (χ0) is 21.5. The second kappa shape index (κ2) is 7.82. The first kappa shape index (κ1) is 20.5. The van der Waals surface area contributed by atoms with E-state index in [1.165, 1.54) is 12.1 Å². The summed E-state index contributed by atoms with van der Waals surface area (Å²) >= 11 is 0.889. The van der Waals surface area contributed by atoms with Gasteiger partial charge in [-0.25, -0.2) is 14.4 Å². The molecule has 0 radical (unpaired) electrons. The molecule has 1 saturated heterocycles. The summed E-state index contributed by atoms with van der Waals surface area (Å²) in [7, 11) is 1.71. The Balaban J connectivity index is 1.84. The van der Waals surface area contributed by atoms with E-state index in [4.69, 9.17) is 20.6 Å². The van der Waals surface area contributed by atoms with Gasteiger partial charge in [-0.3, -0.25) is 14.9 Å². The van der Waals surface area contributed by atoms with Gasteiger partial charge in [-0.2, -0.15) is 0 Å². The summed E-state index contributed by atoms with van der Waals surface area (Å²) in [6, 6.07) is 2.74. The van der Waals surface area contributed by atoms with Crippen LogP contribution in [0.15, 0.2) is 24.5 Å². The average Bonchev–Trinajstić information content (AvgIpc) is 2.78. The predicted molar refractivity (Wildman–Crippen MR) is 114 cm³/mol. The fourth-order valence-electron chi connectivity index (χ4n) is 3.84. The molecule has 2 aromatic heterocycles. The molecule has 11 heteroatoms. The normalized spacial score (nSPS) is 21.8. The van der Waals surface area contributed by atoms with Crippen molar-refractivity contribution in [3.63, 3.8) is 0 Å². The molecule has 158 valence electrons. The van der Waals surface area contributed by atoms with Crippen molar-refractivity contribution in [3.8, 4) is 0 Å². The number of hydrogen-bond acceptors (Lipinski definition) is 9. The number of aromatic nitrogens is 3. The fourth-order valence-corrected chi connectivity index (χ4v) is 4.27. The van der Waals surface area contributed by atoms with Crippen molar-refractivity contribution < 1.29 is 13.9 Å². The molecule has 9 nitrogen and oxygen atoms in total. The van der Waals surface area contributed by atoms with Crippen LogP contribution in [0.5, 0.6) is 0 Å². The van der Waals surface area contributed by atoms with Crippen molar-refractivity contribution in [2.75, 3.05) is 36.6 Å². The number of nitrogens with zero attached hydrogens (tertiary/aromatic N) is 5. The largest absolute Gasteiger partial charge is 0.396 e. The molecule has 0 aromatic carbocycles. The Labute approximate surface area is 177 Å². The maximum Gasteiger partial charge on any atom is 0.255 e. The maximum atomic E-state index is 13.2. The topological polar surface area (TPSA) is 123 Å². The molecule has 0 unspecified atom stereocenters. The van der Waals surface area contributed by atoms with Crippen LogP contribution in [0.1, 0.15) is 24.9 Å². The van der Waals surface area contributed by atoms with Gasteiger partial charge in [0, 0.05) is 13.6 Å². The van der Waals surface area contributed by atoms with Crippen LogP contribution in [0.25, 0.3) is 10.6 Å². The smallest absolute Gasteiger partial charge is 0.255 e. The first-order chi connectivity index (χ1) is 14.4. The number of ether oxygens (including phenoxy) is 1. The van der Waals surface area contributed by atoms with E-state index in [1.54, 1.807) is 18.1 Å². The minimum Gasteiger partial charge on any atom is -0.396 e. The quantitative estimate of drug-likeness (QED) is 0.691. The molecule has 2 aromatic rings. The third kappa shape index (κ3) is 3.09. The van der Waals surface area contributed by atoms with Crippen LogP contribution in [-0.4, -0.2) is 53.2 Å². The van der Waals surface area contributed by atoms with Gasteiger partial charge in [-0.1, -0.05) is 6.92 Å². The Kier molecular flexibility index (Phi) is 5.35. The van der Waals surface area contributed by atoms with Gasteiger partial charge in [-0.05, 0) is 30.5 Å². The molecule has 2 aliphatic rings. The van der Waals surface area contributed by atoms with E-state index in [9.17, 15) is 9.18 Å². The van der Waals surface area contributed by atoms with Gasteiger partial charge < -0.3 is 20.3 Å². The molecule has 2 aliphatic heterocycles. The van der Waals surface area contributed by atoms with E-state index in [-0.39, 0.29) is 11.6 Å². The van der Waals surface area contributed by atoms with Crippen molar-refractivity contribution >= 4 is 40.0 Å². The van der Waals surface area contributed by atoms with Crippen LogP contribution >= 0.6 is 11.9 Å². The molecule has 0 aliphatic carbocycles. The summed E-state index contributed by atoms with van der Waals surface area (Å²) in [6.45, 7) is 3.27. The first-order valence-electron chi connectivity index (χ1n) is 9.42. The zero-order valence-electron chi connectivity index (χ0n) is 16.6. The number of carbonyl (C=O) groups excluding carboxylic acids is 1. The van der Waals surface area contributed by atoms with E-state index in [0.29, 0.717) is 54.1 Å². The number of fused-ring (bicyclic) bond motifs is 3. The van der Waals surface area contributed by atoms with Crippen LogP contribution in [-0.2, 0) is 9.53 Å². The molecule has 1 amide bonds. The molecular weight excluding hydrogens is 409 g/mol. The minimum atomic E-state index is -0.810. The Bertz CT molecular complexity index is 1020. The number of morpholine rings is 1. The number of anilines is 2. The highest BCUT2D eigenvalue weighted by molar-refractivity contribution is 8.06. The highest BCUT2D eigenvalue weighted by Crippen LogP contribution is 2.42. The molecule has 30 heavy (non-hydrogen) atoms. The molecule has 4 heterocycles. The monoisotopic (exact) mass is 431 g/mol. The molecular formula is C19H22FN7O2S. The molecule has 1 atom stereocenters. The number of halogens is 1. The first-order valence-corrected chi connectivity index (χ1v) is 10.3. The molecule has 1 fully saturated rings. The Morgan fingerprint density at radius 1 is 1.37 bits per heavy atom. The second-order valence-electron chi connectivity index (χ2n) is 7.08. The minimum absolute atomic E-state index is 0.0486. The number of amides is 1. The van der Waals surface area contributed by atoms with E-state index in [0.717, 1.165) is 18.1 Å². The van der Waals surface area contributed by atoms with E-state index < -0.39 is 11.4 Å². The van der Waals surface area contributed by atoms with Crippen LogP contribution in [0, 0.1) is 5.82 Å². The maximum absolute atomic E-state index is 13.2. The standard InChI is InChI=1S/C19H22FN7O2S/c1-3-19-10-29-7-6-27(19)17-13(26(2)18(19)28)9-24-16(25-17)15(30-22)14(21)12-5-4-11(20)8-23-12/h4-5,8-9H,3,6-7,10,21-22H2,1-2H3/b15-14-/t19-/m1/s1. The van der Waals surface area contributed by atoms with Gasteiger partial charge >= 0.3 is 0 Å². The van der Waals surface area contributed by atoms with Crippen LogP contribution < -0.4 is 20.7 Å². The lowest BCUT2D eigenvalue weighted by molar-refractivity contribution is -0.128. The summed E-state index contributed by atoms with van der Waals surface area (Å²) in [5.41, 5.74) is 6.66. The molecule has 4 N–H and O–H groups in total. The van der Waals surface area contributed by atoms with Gasteiger partial charge in [0.05, 0.1) is 41.9 Å². The summed E-state index contributed by atoms with van der Waals surface area (Å²) in [6.07, 6.45) is 3.25. The van der Waals surface area contributed by atoms with Gasteiger partial charge in [0.25, 0.3) is 5.91 Å². The lowest BCUT2D eigenvalue weighted by atomic mass is 9.89. The number of carbonyl (C=O) groups is 1. The van der Waals surface area contributed by atoms with Crippen molar-refractivity contribution in [2.24, 2.45) is 10.9 Å². The number of pyridine rings is 1. The summed E-state index contributed by atoms with van der Waals surface area (Å²) in [5.74, 6) is 0.421. The van der Waals surface area contributed by atoms with E-state index in [2.05, 4.69) is 9.97 Å². The number of nitrogens with two attached hydrogens (primary N) is 2. The van der Waals surface area contributed by atoms with Crippen molar-refractivity contribution in [2.45, 2.75) is 18.9 Å². The molecule has 4 rings (SSSR count). The van der Waals surface area contributed by atoms with Crippen LogP contribution in [0.2, 0.25) is 0 Å². The molecule has 0 bridgehead atoms. The average molecular weight is 431 g/mol. The van der Waals surface area contributed by atoms with Gasteiger partial charge in [0.1, 0.15) is 17.0 Å². The zero-order valence-corrected chi connectivity index (χ0v) is 17.4. The Hall–Kier alpha value is -2.76. The predicted octanol–water partition coefficient (Wildman–Crippen LogP) is 1.36. The third-order valence-electron chi connectivity index (χ3n) is 5.54. The summed E-state index contributed by atoms with van der Waals surface area (Å²) in [4.78, 5) is 30.2. The lowest BCUT2D eigenvalue weighted by Crippen LogP contribution is -2.68. The lowest BCUT2D eigenvalue weighted by Gasteiger charge is -2.51. The Morgan fingerprint density at radius 2 is 2.17 bits per heavy atom. The SMILES string of the molecule is CC[C@]12COCCN1c1nc(/C(SN)=C(/N)c3ccc(F)cn3)ncc1N(C)C2=O. The summed E-state index contributed by atoms with van der Waals surface area (Å²) < 4.78 is 18.9. The number of likely N-dealkylation sites (N-methyl/N-ethyl adjacent to an activating group) is 1. The second-order valence-corrected chi connectivity index (χ2v) is 7.72. The summed E-state index contributed by atoms with van der Waals surface area (Å²) in [5, 5.41) is 5.88. The van der Waals surface area contributed by atoms with Gasteiger partial charge in [-0.15, -0.1) is 0 Å². The highest BCUT2D eigenvalue weighted by Gasteiger charge is 2.52. The number of hydrogen-bond donors (Lipinski definition) is 2. The highest BCUT2D eigenvalue weighted by atomic mass is 32.2. The van der Waals surface area contributed by atoms with Crippen molar-refractivity contribution in [1.29, 1.82) is 0 Å². The van der Waals surface area contributed by atoms with Crippen molar-refractivity contribution in [1.82, 2.24) is 15.0 Å². The van der Waals surface area contributed by atoms with E-state index >= 15 is 0 Å². The molecule has 0 spiro atoms.